The first kappa shape index (κ1) is 14.9. The van der Waals surface area contributed by atoms with E-state index >= 15 is 0 Å². The Labute approximate surface area is 95.3 Å². The summed E-state index contributed by atoms with van der Waals surface area (Å²) in [4.78, 5) is 0. The van der Waals surface area contributed by atoms with Crippen LogP contribution in [-0.4, -0.2) is 25.9 Å². The minimum Gasteiger partial charge on any atom is -0.378 e. The average molecular weight is 216 g/mol. The van der Waals surface area contributed by atoms with Gasteiger partial charge in [0.25, 0.3) is 0 Å². The first-order valence-electron chi connectivity index (χ1n) is 6.16. The van der Waals surface area contributed by atoms with Crippen LogP contribution in [0.15, 0.2) is 0 Å². The van der Waals surface area contributed by atoms with Gasteiger partial charge in [-0.25, -0.2) is 0 Å². The Morgan fingerprint density at radius 3 is 2.20 bits per heavy atom. The van der Waals surface area contributed by atoms with Crippen molar-refractivity contribution in [2.75, 3.05) is 13.7 Å². The van der Waals surface area contributed by atoms with E-state index < -0.39 is 0 Å². The van der Waals surface area contributed by atoms with E-state index in [0.29, 0.717) is 5.92 Å². The van der Waals surface area contributed by atoms with Gasteiger partial charge in [-0.3, -0.25) is 0 Å². The first-order chi connectivity index (χ1) is 7.02. The summed E-state index contributed by atoms with van der Waals surface area (Å²) < 4.78 is 11.2. The summed E-state index contributed by atoms with van der Waals surface area (Å²) in [5.41, 5.74) is 0.270. The molecule has 0 aromatic heterocycles. The van der Waals surface area contributed by atoms with Crippen molar-refractivity contribution >= 4 is 0 Å². The third-order valence-electron chi connectivity index (χ3n) is 3.67. The number of hydrogen-bond acceptors (Lipinski definition) is 2. The zero-order valence-corrected chi connectivity index (χ0v) is 11.5. The molecule has 2 heteroatoms. The van der Waals surface area contributed by atoms with Crippen molar-refractivity contribution in [3.63, 3.8) is 0 Å². The molecular formula is C13H28O2. The van der Waals surface area contributed by atoms with Crippen molar-refractivity contribution in [3.8, 4) is 0 Å². The zero-order valence-electron chi connectivity index (χ0n) is 11.5. The van der Waals surface area contributed by atoms with Crippen LogP contribution in [0.5, 0.6) is 0 Å². The van der Waals surface area contributed by atoms with Crippen LogP contribution in [0.2, 0.25) is 0 Å². The molecule has 0 aliphatic carbocycles. The Hall–Kier alpha value is -0.0800. The van der Waals surface area contributed by atoms with Crippen LogP contribution in [-0.2, 0) is 9.47 Å². The van der Waals surface area contributed by atoms with Crippen molar-refractivity contribution in [1.82, 2.24) is 0 Å². The lowest BCUT2D eigenvalue weighted by Crippen LogP contribution is -2.50. The SMILES string of the molecule is CC.CO[C@H]1[C@H](C)OCC[C@@]1(C)C(C)C. The van der Waals surface area contributed by atoms with E-state index in [9.17, 15) is 0 Å². The molecule has 0 aromatic rings. The summed E-state index contributed by atoms with van der Waals surface area (Å²) in [6, 6.07) is 0. The van der Waals surface area contributed by atoms with Crippen LogP contribution in [0, 0.1) is 11.3 Å². The molecule has 0 unspecified atom stereocenters. The van der Waals surface area contributed by atoms with E-state index in [0.717, 1.165) is 13.0 Å². The molecule has 1 fully saturated rings. The lowest BCUT2D eigenvalue weighted by atomic mass is 9.69. The van der Waals surface area contributed by atoms with Gasteiger partial charge in [-0.15, -0.1) is 0 Å². The molecule has 15 heavy (non-hydrogen) atoms. The van der Waals surface area contributed by atoms with E-state index in [1.165, 1.54) is 0 Å². The van der Waals surface area contributed by atoms with Gasteiger partial charge in [0.2, 0.25) is 0 Å². The number of methoxy groups -OCH3 is 1. The molecule has 0 saturated carbocycles. The molecule has 0 aromatic carbocycles. The normalized spacial score (nSPS) is 36.0. The highest BCUT2D eigenvalue weighted by molar-refractivity contribution is 4.92. The highest BCUT2D eigenvalue weighted by Crippen LogP contribution is 2.41. The van der Waals surface area contributed by atoms with E-state index in [-0.39, 0.29) is 17.6 Å². The van der Waals surface area contributed by atoms with Gasteiger partial charge in [0.15, 0.2) is 0 Å². The molecule has 1 rings (SSSR count). The smallest absolute Gasteiger partial charge is 0.0886 e. The minimum absolute atomic E-state index is 0.228. The zero-order chi connectivity index (χ0) is 12.1. The molecule has 1 aliphatic heterocycles. The Bertz CT molecular complexity index is 168. The molecule has 0 radical (unpaired) electrons. The van der Waals surface area contributed by atoms with E-state index in [1.54, 1.807) is 7.11 Å². The van der Waals surface area contributed by atoms with Crippen LogP contribution < -0.4 is 0 Å². The standard InChI is InChI=1S/C11H22O2.C2H6/c1-8(2)11(4)6-7-13-9(3)10(11)12-5;1-2/h8-10H,6-7H2,1-5H3;1-2H3/t9-,10-,11-;/m0./s1. The monoisotopic (exact) mass is 216 g/mol. The highest BCUT2D eigenvalue weighted by Gasteiger charge is 2.43. The van der Waals surface area contributed by atoms with Crippen molar-refractivity contribution in [2.24, 2.45) is 11.3 Å². The van der Waals surface area contributed by atoms with Gasteiger partial charge in [-0.2, -0.15) is 0 Å². The second kappa shape index (κ2) is 6.49. The Morgan fingerprint density at radius 1 is 1.33 bits per heavy atom. The molecule has 0 spiro atoms. The fraction of sp³-hybridized carbons (Fsp3) is 1.00. The molecule has 3 atom stereocenters. The van der Waals surface area contributed by atoms with Gasteiger partial charge in [0, 0.05) is 19.1 Å². The van der Waals surface area contributed by atoms with E-state index in [1.807, 2.05) is 13.8 Å². The van der Waals surface area contributed by atoms with Gasteiger partial charge >= 0.3 is 0 Å². The first-order valence-corrected chi connectivity index (χ1v) is 6.16. The molecule has 0 N–H and O–H groups in total. The molecule has 1 heterocycles. The summed E-state index contributed by atoms with van der Waals surface area (Å²) in [6.07, 6.45) is 1.57. The van der Waals surface area contributed by atoms with Crippen molar-refractivity contribution < 1.29 is 9.47 Å². The van der Waals surface area contributed by atoms with Gasteiger partial charge in [0.1, 0.15) is 0 Å². The Balaban J connectivity index is 0.000000921. The molecule has 2 nitrogen and oxygen atoms in total. The van der Waals surface area contributed by atoms with Crippen LogP contribution in [0.3, 0.4) is 0 Å². The fourth-order valence-corrected chi connectivity index (χ4v) is 2.31. The lowest BCUT2D eigenvalue weighted by molar-refractivity contribution is -0.164. The summed E-state index contributed by atoms with van der Waals surface area (Å²) in [5.74, 6) is 0.642. The largest absolute Gasteiger partial charge is 0.378 e. The molecular weight excluding hydrogens is 188 g/mol. The fourth-order valence-electron chi connectivity index (χ4n) is 2.31. The van der Waals surface area contributed by atoms with Gasteiger partial charge in [-0.1, -0.05) is 34.6 Å². The predicted molar refractivity (Wildman–Crippen MR) is 65.1 cm³/mol. The lowest BCUT2D eigenvalue weighted by Gasteiger charge is -2.46. The number of hydrogen-bond donors (Lipinski definition) is 0. The summed E-state index contributed by atoms with van der Waals surface area (Å²) in [7, 11) is 1.79. The van der Waals surface area contributed by atoms with E-state index in [2.05, 4.69) is 27.7 Å². The van der Waals surface area contributed by atoms with Crippen molar-refractivity contribution in [1.29, 1.82) is 0 Å². The van der Waals surface area contributed by atoms with Crippen LogP contribution in [0.1, 0.15) is 48.0 Å². The topological polar surface area (TPSA) is 18.5 Å². The number of ether oxygens (including phenoxy) is 2. The number of rotatable bonds is 2. The van der Waals surface area contributed by atoms with Crippen LogP contribution in [0.25, 0.3) is 0 Å². The van der Waals surface area contributed by atoms with Crippen LogP contribution >= 0.6 is 0 Å². The third-order valence-corrected chi connectivity index (χ3v) is 3.67. The third kappa shape index (κ3) is 3.18. The van der Waals surface area contributed by atoms with Crippen LogP contribution in [0.4, 0.5) is 0 Å². The summed E-state index contributed by atoms with van der Waals surface area (Å²) in [5, 5.41) is 0. The molecule has 0 amide bonds. The quantitative estimate of drug-likeness (QED) is 0.703. The maximum absolute atomic E-state index is 5.60. The summed E-state index contributed by atoms with van der Waals surface area (Å²) in [6.45, 7) is 13.8. The molecule has 92 valence electrons. The van der Waals surface area contributed by atoms with E-state index in [4.69, 9.17) is 9.47 Å². The van der Waals surface area contributed by atoms with Gasteiger partial charge in [0.05, 0.1) is 12.2 Å². The second-order valence-electron chi connectivity index (χ2n) is 4.64. The average Bonchev–Trinajstić information content (AvgIpc) is 2.21. The summed E-state index contributed by atoms with van der Waals surface area (Å²) >= 11 is 0. The molecule has 1 aliphatic rings. The van der Waals surface area contributed by atoms with Crippen molar-refractivity contribution in [3.05, 3.63) is 0 Å². The maximum atomic E-state index is 5.60. The second-order valence-corrected chi connectivity index (χ2v) is 4.64. The van der Waals surface area contributed by atoms with Gasteiger partial charge in [-0.05, 0) is 19.3 Å². The Kier molecular flexibility index (Phi) is 6.46. The predicted octanol–water partition coefficient (Wildman–Crippen LogP) is 3.50. The minimum atomic E-state index is 0.228. The molecule has 0 bridgehead atoms. The maximum Gasteiger partial charge on any atom is 0.0886 e. The Morgan fingerprint density at radius 2 is 1.87 bits per heavy atom. The molecule has 1 saturated heterocycles. The van der Waals surface area contributed by atoms with Crippen molar-refractivity contribution in [2.45, 2.75) is 60.2 Å². The van der Waals surface area contributed by atoms with Gasteiger partial charge < -0.3 is 9.47 Å². The highest BCUT2D eigenvalue weighted by atomic mass is 16.5.